The van der Waals surface area contributed by atoms with Crippen LogP contribution in [0.3, 0.4) is 0 Å². The summed E-state index contributed by atoms with van der Waals surface area (Å²) in [5, 5.41) is 1.66. The van der Waals surface area contributed by atoms with Gasteiger partial charge in [0.15, 0.2) is 0 Å². The molecule has 0 radical (unpaired) electrons. The van der Waals surface area contributed by atoms with Crippen molar-refractivity contribution in [2.45, 2.75) is 51.3 Å². The van der Waals surface area contributed by atoms with E-state index in [0.29, 0.717) is 6.07 Å². The van der Waals surface area contributed by atoms with Crippen molar-refractivity contribution in [2.24, 2.45) is 0 Å². The van der Waals surface area contributed by atoms with Gasteiger partial charge in [0.1, 0.15) is 34.3 Å². The number of hydrogen-bond donors (Lipinski definition) is 1. The summed E-state index contributed by atoms with van der Waals surface area (Å²) in [6.45, 7) is 4.48. The van der Waals surface area contributed by atoms with Crippen LogP contribution in [-0.4, -0.2) is 51.1 Å². The van der Waals surface area contributed by atoms with E-state index in [9.17, 15) is 36.3 Å². The van der Waals surface area contributed by atoms with Crippen LogP contribution in [0.1, 0.15) is 39.1 Å². The summed E-state index contributed by atoms with van der Waals surface area (Å²) in [5.74, 6) is -4.82. The number of aromatic nitrogens is 2. The molecule has 1 aliphatic heterocycles. The maximum absolute atomic E-state index is 14.7. The maximum atomic E-state index is 14.7. The first-order valence-corrected chi connectivity index (χ1v) is 11.5. The number of nitrogens with one attached hydrogen (secondary N) is 1. The van der Waals surface area contributed by atoms with Crippen LogP contribution in [-0.2, 0) is 9.53 Å². The predicted molar refractivity (Wildman–Crippen MR) is 125 cm³/mol. The molecule has 1 saturated heterocycles. The molecule has 202 valence electrons. The van der Waals surface area contributed by atoms with E-state index in [4.69, 9.17) is 4.74 Å². The highest BCUT2D eigenvalue weighted by atomic mass is 19.3. The number of hydrogen-bond acceptors (Lipinski definition) is 5. The van der Waals surface area contributed by atoms with E-state index in [1.54, 1.807) is 20.8 Å². The highest BCUT2D eigenvalue weighted by Crippen LogP contribution is 2.34. The second kappa shape index (κ2) is 10.0. The highest BCUT2D eigenvalue weighted by molar-refractivity contribution is 5.80. The minimum Gasteiger partial charge on any atom is -0.444 e. The molecule has 0 unspecified atom stereocenters. The van der Waals surface area contributed by atoms with Crippen molar-refractivity contribution in [1.82, 2.24) is 19.8 Å². The van der Waals surface area contributed by atoms with Gasteiger partial charge in [-0.2, -0.15) is 8.78 Å². The minimum absolute atomic E-state index is 0.109. The second-order valence-corrected chi connectivity index (χ2v) is 9.76. The molecule has 0 spiro atoms. The summed E-state index contributed by atoms with van der Waals surface area (Å²) in [4.78, 5) is 43.8. The van der Waals surface area contributed by atoms with Crippen LogP contribution in [0.2, 0.25) is 0 Å². The molecule has 2 atom stereocenters. The number of rotatable bonds is 4. The molecule has 2 heterocycles. The lowest BCUT2D eigenvalue weighted by Gasteiger charge is -2.29. The Balaban J connectivity index is 1.94. The Kier molecular flexibility index (Phi) is 7.13. The molecule has 0 bridgehead atoms. The quantitative estimate of drug-likeness (QED) is 0.502. The number of carbonyl (C=O) groups excluding carboxylic acids is 2. The van der Waals surface area contributed by atoms with Crippen molar-refractivity contribution in [3.8, 4) is 5.69 Å². The van der Waals surface area contributed by atoms with Crippen molar-refractivity contribution < 1.29 is 36.3 Å². The lowest BCUT2D eigenvalue weighted by molar-refractivity contribution is -0.132. The molecular weight excluding hydrogens is 515 g/mol. The Hall–Kier alpha value is -4.03. The van der Waals surface area contributed by atoms with E-state index in [0.717, 1.165) is 27.7 Å². The number of fused-ring (bicyclic) bond motifs is 1. The second-order valence-electron chi connectivity index (χ2n) is 9.76. The Labute approximate surface area is 213 Å². The molecule has 8 nitrogen and oxygen atoms in total. The number of halogens is 5. The fraction of sp³-hybridized carbons (Fsp3) is 0.360. The van der Waals surface area contributed by atoms with Gasteiger partial charge in [-0.3, -0.25) is 19.1 Å². The number of amides is 2. The van der Waals surface area contributed by atoms with Crippen molar-refractivity contribution in [3.63, 3.8) is 0 Å². The first kappa shape index (κ1) is 27.0. The molecule has 1 aromatic heterocycles. The molecule has 4 rings (SSSR count). The van der Waals surface area contributed by atoms with E-state index >= 15 is 0 Å². The summed E-state index contributed by atoms with van der Waals surface area (Å²) < 4.78 is 75.0. The van der Waals surface area contributed by atoms with Gasteiger partial charge >= 0.3 is 12.5 Å². The first-order valence-electron chi connectivity index (χ1n) is 11.5. The van der Waals surface area contributed by atoms with Gasteiger partial charge in [-0.15, -0.1) is 0 Å². The molecule has 2 aromatic carbocycles. The number of nitrogens with zero attached hydrogens (tertiary/aromatic N) is 3. The van der Waals surface area contributed by atoms with Crippen LogP contribution in [0.5, 0.6) is 0 Å². The smallest absolute Gasteiger partial charge is 0.410 e. The molecule has 1 aliphatic rings. The number of ether oxygens (including phenoxy) is 1. The lowest BCUT2D eigenvalue weighted by atomic mass is 10.1. The third-order valence-electron chi connectivity index (χ3n) is 5.75. The Morgan fingerprint density at radius 2 is 1.76 bits per heavy atom. The number of benzene rings is 2. The Morgan fingerprint density at radius 3 is 2.37 bits per heavy atom. The summed E-state index contributed by atoms with van der Waals surface area (Å²) in [7, 11) is 0. The normalized spacial score (nSPS) is 17.8. The molecule has 0 saturated carbocycles. The summed E-state index contributed by atoms with van der Waals surface area (Å²) in [6.07, 6.45) is -4.44. The number of likely N-dealkylation sites (tertiary alicyclic amines) is 1. The largest absolute Gasteiger partial charge is 0.444 e. The van der Waals surface area contributed by atoms with E-state index in [1.165, 1.54) is 12.1 Å². The summed E-state index contributed by atoms with van der Waals surface area (Å²) in [6, 6.07) is 3.67. The first-order chi connectivity index (χ1) is 17.7. The monoisotopic (exact) mass is 538 g/mol. The number of carbonyl (C=O) groups is 2. The minimum atomic E-state index is -3.32. The molecule has 3 aromatic rings. The van der Waals surface area contributed by atoms with Gasteiger partial charge < -0.3 is 10.1 Å². The van der Waals surface area contributed by atoms with Crippen LogP contribution < -0.4 is 10.9 Å². The molecular formula is C25H23F5N4O4. The van der Waals surface area contributed by atoms with E-state index in [2.05, 4.69) is 10.3 Å². The maximum Gasteiger partial charge on any atom is 0.410 e. The van der Waals surface area contributed by atoms with Crippen LogP contribution in [0, 0.1) is 17.5 Å². The molecule has 13 heteroatoms. The lowest BCUT2D eigenvalue weighted by Crippen LogP contribution is -2.42. The van der Waals surface area contributed by atoms with Crippen molar-refractivity contribution in [2.75, 3.05) is 6.54 Å². The van der Waals surface area contributed by atoms with Crippen LogP contribution >= 0.6 is 0 Å². The molecule has 1 fully saturated rings. The van der Waals surface area contributed by atoms with Crippen LogP contribution in [0.25, 0.3) is 16.6 Å². The van der Waals surface area contributed by atoms with E-state index in [-0.39, 0.29) is 30.0 Å². The average molecular weight is 538 g/mol. The van der Waals surface area contributed by atoms with Crippen LogP contribution in [0.4, 0.5) is 26.7 Å². The fourth-order valence-corrected chi connectivity index (χ4v) is 4.32. The van der Waals surface area contributed by atoms with Gasteiger partial charge in [-0.1, -0.05) is 6.07 Å². The predicted octanol–water partition coefficient (Wildman–Crippen LogP) is 4.23. The summed E-state index contributed by atoms with van der Waals surface area (Å²) in [5.41, 5.74) is -2.44. The molecule has 0 aliphatic carbocycles. The zero-order valence-electron chi connectivity index (χ0n) is 20.5. The SMILES string of the molecule is CC(C)(C)OC(=O)N1C[C@H](NC(=O)C(F)F)C[C@H]1c1nc2cccc(F)c2c(=O)n1-c1cc(F)cc(F)c1. The zero-order chi connectivity index (χ0) is 27.9. The van der Waals surface area contributed by atoms with Crippen LogP contribution in [0.15, 0.2) is 41.2 Å². The topological polar surface area (TPSA) is 93.5 Å². The van der Waals surface area contributed by atoms with E-state index in [1.807, 2.05) is 0 Å². The van der Waals surface area contributed by atoms with Gasteiger partial charge in [-0.05, 0) is 51.5 Å². The fourth-order valence-electron chi connectivity index (χ4n) is 4.32. The third-order valence-corrected chi connectivity index (χ3v) is 5.75. The molecule has 1 N–H and O–H groups in total. The van der Waals surface area contributed by atoms with Gasteiger partial charge in [0.25, 0.3) is 11.5 Å². The zero-order valence-corrected chi connectivity index (χ0v) is 20.5. The molecule has 38 heavy (non-hydrogen) atoms. The van der Waals surface area contributed by atoms with Crippen molar-refractivity contribution in [3.05, 3.63) is 70.0 Å². The average Bonchev–Trinajstić information content (AvgIpc) is 3.20. The highest BCUT2D eigenvalue weighted by Gasteiger charge is 2.42. The van der Waals surface area contributed by atoms with Crippen molar-refractivity contribution >= 4 is 22.9 Å². The van der Waals surface area contributed by atoms with Crippen molar-refractivity contribution in [1.29, 1.82) is 0 Å². The van der Waals surface area contributed by atoms with Gasteiger partial charge in [0.05, 0.1) is 17.2 Å². The Morgan fingerprint density at radius 1 is 1.11 bits per heavy atom. The Bertz CT molecular complexity index is 1450. The van der Waals surface area contributed by atoms with Gasteiger partial charge in [0, 0.05) is 18.7 Å². The van der Waals surface area contributed by atoms with Gasteiger partial charge in [0.2, 0.25) is 0 Å². The third kappa shape index (κ3) is 5.46. The van der Waals surface area contributed by atoms with Gasteiger partial charge in [-0.25, -0.2) is 22.9 Å². The number of alkyl halides is 2. The molecule has 2 amide bonds. The summed E-state index contributed by atoms with van der Waals surface area (Å²) >= 11 is 0. The standard InChI is InChI=1S/C25H23F5N4O4/c1-25(2,3)38-24(37)33-11-14(31-22(35)20(29)30)10-18(33)21-32-17-6-4-5-16(28)19(17)23(36)34(21)15-8-12(26)7-13(27)9-15/h4-9,14,18,20H,10-11H2,1-3H3,(H,31,35)/t14-,18+/m1/s1. The van der Waals surface area contributed by atoms with E-state index < -0.39 is 64.5 Å².